The fraction of sp³-hybridized carbons (Fsp3) is 0.0556. The Bertz CT molecular complexity index is 925. The summed E-state index contributed by atoms with van der Waals surface area (Å²) >= 11 is 0. The van der Waals surface area contributed by atoms with E-state index in [-0.39, 0.29) is 11.5 Å². The number of hydrogen-bond acceptors (Lipinski definition) is 5. The molecule has 0 saturated heterocycles. The number of carbonyl (C=O) groups excluding carboxylic acids is 2. The van der Waals surface area contributed by atoms with Crippen LogP contribution < -0.4 is 10.5 Å². The second-order valence-electron chi connectivity index (χ2n) is 5.21. The van der Waals surface area contributed by atoms with E-state index in [0.29, 0.717) is 11.3 Å². The first-order valence-corrected chi connectivity index (χ1v) is 7.41. The van der Waals surface area contributed by atoms with Crippen molar-refractivity contribution in [3.05, 3.63) is 72.1 Å². The minimum Gasteiger partial charge on any atom is -0.288 e. The number of nitrogens with zero attached hydrogens (tertiary/aromatic N) is 2. The first kappa shape index (κ1) is 16.6. The largest absolute Gasteiger partial charge is 0.288 e. The third-order valence-corrected chi connectivity index (χ3v) is 3.72. The molecule has 1 heterocycles. The van der Waals surface area contributed by atoms with Crippen molar-refractivity contribution in [3.8, 4) is 0 Å². The lowest BCUT2D eigenvalue weighted by Crippen LogP contribution is -2.29. The minimum absolute atomic E-state index is 0.237. The van der Waals surface area contributed by atoms with E-state index in [0.717, 1.165) is 10.8 Å². The second-order valence-corrected chi connectivity index (χ2v) is 5.21. The molecule has 2 amide bonds. The summed E-state index contributed by atoms with van der Waals surface area (Å²) in [5.74, 6) is -1.03. The van der Waals surface area contributed by atoms with Crippen molar-refractivity contribution in [2.75, 3.05) is 12.2 Å². The maximum atomic E-state index is 12.7. The van der Waals surface area contributed by atoms with Gasteiger partial charge in [0, 0.05) is 28.9 Å². The van der Waals surface area contributed by atoms with Crippen LogP contribution in [0, 0.1) is 0 Å². The number of pyridine rings is 1. The monoisotopic (exact) mass is 337 g/mol. The van der Waals surface area contributed by atoms with Crippen LogP contribution in [0.4, 0.5) is 5.69 Å². The molecular formula is C18H15N3O4. The van der Waals surface area contributed by atoms with Crippen LogP contribution in [0.25, 0.3) is 10.8 Å². The van der Waals surface area contributed by atoms with Crippen LogP contribution in [-0.2, 0) is 4.84 Å². The number of fused-ring (bicyclic) bond motifs is 1. The molecule has 0 fully saturated rings. The molecule has 3 rings (SSSR count). The number of anilines is 1. The molecule has 0 aliphatic heterocycles. The van der Waals surface area contributed by atoms with Gasteiger partial charge in [-0.05, 0) is 47.9 Å². The SMILES string of the molecule is CON(C(=O)c1ccc(C(=O)NO)cc1)c1ccc2cnccc2c1. The van der Waals surface area contributed by atoms with Crippen LogP contribution in [0.1, 0.15) is 20.7 Å². The van der Waals surface area contributed by atoms with E-state index in [1.165, 1.54) is 36.4 Å². The molecule has 0 aliphatic rings. The summed E-state index contributed by atoms with van der Waals surface area (Å²) in [5, 5.41) is 11.7. The van der Waals surface area contributed by atoms with E-state index in [9.17, 15) is 9.59 Å². The van der Waals surface area contributed by atoms with Gasteiger partial charge in [0.2, 0.25) is 0 Å². The Morgan fingerprint density at radius 1 is 1.04 bits per heavy atom. The van der Waals surface area contributed by atoms with E-state index in [4.69, 9.17) is 10.0 Å². The highest BCUT2D eigenvalue weighted by Crippen LogP contribution is 2.23. The van der Waals surface area contributed by atoms with Gasteiger partial charge in [0.1, 0.15) is 0 Å². The van der Waals surface area contributed by atoms with Gasteiger partial charge in [-0.3, -0.25) is 24.6 Å². The Kier molecular flexibility index (Phi) is 4.69. The Morgan fingerprint density at radius 3 is 2.44 bits per heavy atom. The molecule has 7 nitrogen and oxygen atoms in total. The summed E-state index contributed by atoms with van der Waals surface area (Å²) in [7, 11) is 1.40. The maximum absolute atomic E-state index is 12.7. The zero-order chi connectivity index (χ0) is 17.8. The van der Waals surface area contributed by atoms with Gasteiger partial charge < -0.3 is 0 Å². The molecule has 7 heteroatoms. The number of hydroxylamine groups is 2. The fourth-order valence-electron chi connectivity index (χ4n) is 2.45. The van der Waals surface area contributed by atoms with Crippen molar-refractivity contribution in [3.63, 3.8) is 0 Å². The first-order valence-electron chi connectivity index (χ1n) is 7.41. The van der Waals surface area contributed by atoms with E-state index >= 15 is 0 Å². The quantitative estimate of drug-likeness (QED) is 0.564. The summed E-state index contributed by atoms with van der Waals surface area (Å²) in [6.45, 7) is 0. The number of carbonyl (C=O) groups is 2. The lowest BCUT2D eigenvalue weighted by Gasteiger charge is -2.20. The van der Waals surface area contributed by atoms with Gasteiger partial charge >= 0.3 is 0 Å². The highest BCUT2D eigenvalue weighted by atomic mass is 16.7. The summed E-state index contributed by atoms with van der Waals surface area (Å²) in [5.41, 5.74) is 2.69. The third kappa shape index (κ3) is 3.32. The molecule has 0 atom stereocenters. The molecule has 1 aromatic heterocycles. The standard InChI is InChI=1S/C18H15N3O4/c1-25-21(16-7-6-15-11-19-9-8-14(15)10-16)18(23)13-4-2-12(3-5-13)17(22)20-24/h2-11,24H,1H3,(H,20,22). The molecule has 0 radical (unpaired) electrons. The van der Waals surface area contributed by atoms with E-state index < -0.39 is 5.91 Å². The Balaban J connectivity index is 1.91. The number of hydrogen-bond donors (Lipinski definition) is 2. The average Bonchev–Trinajstić information content (AvgIpc) is 2.68. The molecule has 0 aliphatic carbocycles. The molecule has 0 saturated carbocycles. The van der Waals surface area contributed by atoms with E-state index in [2.05, 4.69) is 4.98 Å². The molecule has 0 spiro atoms. The van der Waals surface area contributed by atoms with Gasteiger partial charge in [0.05, 0.1) is 12.8 Å². The van der Waals surface area contributed by atoms with Crippen molar-refractivity contribution in [1.29, 1.82) is 0 Å². The maximum Gasteiger partial charge on any atom is 0.282 e. The second kappa shape index (κ2) is 7.08. The Hall–Kier alpha value is -3.29. The zero-order valence-electron chi connectivity index (χ0n) is 13.3. The molecule has 2 N–H and O–H groups in total. The third-order valence-electron chi connectivity index (χ3n) is 3.72. The van der Waals surface area contributed by atoms with Gasteiger partial charge in [-0.15, -0.1) is 0 Å². The fourth-order valence-corrected chi connectivity index (χ4v) is 2.45. The molecular weight excluding hydrogens is 322 g/mol. The van der Waals surface area contributed by atoms with Crippen LogP contribution >= 0.6 is 0 Å². The van der Waals surface area contributed by atoms with Crippen LogP contribution in [0.3, 0.4) is 0 Å². The average molecular weight is 337 g/mol. The van der Waals surface area contributed by atoms with Gasteiger partial charge in [-0.1, -0.05) is 6.07 Å². The predicted octanol–water partition coefficient (Wildman–Crippen LogP) is 2.56. The van der Waals surface area contributed by atoms with E-state index in [1.54, 1.807) is 23.9 Å². The predicted molar refractivity (Wildman–Crippen MR) is 91.3 cm³/mol. The summed E-state index contributed by atoms with van der Waals surface area (Å²) in [4.78, 5) is 33.4. The van der Waals surface area contributed by atoms with Crippen LogP contribution in [0.2, 0.25) is 0 Å². The lowest BCUT2D eigenvalue weighted by atomic mass is 10.1. The molecule has 0 bridgehead atoms. The van der Waals surface area contributed by atoms with Crippen molar-refractivity contribution < 1.29 is 19.6 Å². The Labute approximate surface area is 143 Å². The zero-order valence-corrected chi connectivity index (χ0v) is 13.3. The highest BCUT2D eigenvalue weighted by molar-refractivity contribution is 6.06. The van der Waals surface area contributed by atoms with E-state index in [1.807, 2.05) is 18.2 Å². The number of aromatic nitrogens is 1. The van der Waals surface area contributed by atoms with Crippen molar-refractivity contribution in [2.45, 2.75) is 0 Å². The van der Waals surface area contributed by atoms with Gasteiger partial charge in [-0.25, -0.2) is 5.48 Å². The van der Waals surface area contributed by atoms with Crippen molar-refractivity contribution in [2.24, 2.45) is 0 Å². The molecule has 25 heavy (non-hydrogen) atoms. The first-order chi connectivity index (χ1) is 12.1. The van der Waals surface area contributed by atoms with Crippen LogP contribution in [-0.4, -0.2) is 29.1 Å². The molecule has 2 aromatic carbocycles. The lowest BCUT2D eigenvalue weighted by molar-refractivity contribution is 0.0705. The molecule has 0 unspecified atom stereocenters. The van der Waals surface area contributed by atoms with Gasteiger partial charge in [0.15, 0.2) is 0 Å². The normalized spacial score (nSPS) is 10.5. The molecule has 126 valence electrons. The van der Waals surface area contributed by atoms with Crippen molar-refractivity contribution in [1.82, 2.24) is 10.5 Å². The van der Waals surface area contributed by atoms with Gasteiger partial charge in [-0.2, -0.15) is 5.06 Å². The summed E-state index contributed by atoms with van der Waals surface area (Å²) < 4.78 is 0. The number of nitrogens with one attached hydrogen (secondary N) is 1. The Morgan fingerprint density at radius 2 is 1.76 bits per heavy atom. The number of rotatable bonds is 4. The number of benzene rings is 2. The van der Waals surface area contributed by atoms with Crippen LogP contribution in [0.15, 0.2) is 60.9 Å². The minimum atomic E-state index is -0.647. The summed E-state index contributed by atoms with van der Waals surface area (Å²) in [6.07, 6.45) is 3.42. The van der Waals surface area contributed by atoms with Crippen molar-refractivity contribution >= 4 is 28.3 Å². The smallest absolute Gasteiger partial charge is 0.282 e. The van der Waals surface area contributed by atoms with Crippen LogP contribution in [0.5, 0.6) is 0 Å². The highest BCUT2D eigenvalue weighted by Gasteiger charge is 2.18. The number of amides is 2. The molecule has 3 aromatic rings. The summed E-state index contributed by atoms with van der Waals surface area (Å²) in [6, 6.07) is 13.2. The van der Waals surface area contributed by atoms with Gasteiger partial charge in [0.25, 0.3) is 11.8 Å². The topological polar surface area (TPSA) is 91.8 Å².